The Balaban J connectivity index is 1.40. The van der Waals surface area contributed by atoms with Crippen LogP contribution in [0.2, 0.25) is 0 Å². The average molecular weight is 313 g/mol. The molecule has 1 aromatic heterocycles. The molecular weight excluding hydrogens is 290 g/mol. The first-order valence-electron chi connectivity index (χ1n) is 8.25. The van der Waals surface area contributed by atoms with Crippen molar-refractivity contribution < 1.29 is 9.90 Å². The van der Waals surface area contributed by atoms with Crippen LogP contribution in [0, 0.1) is 5.92 Å². The fourth-order valence-corrected chi connectivity index (χ4v) is 3.09. The van der Waals surface area contributed by atoms with E-state index in [0.717, 1.165) is 35.9 Å². The van der Waals surface area contributed by atoms with E-state index in [2.05, 4.69) is 21.7 Å². The van der Waals surface area contributed by atoms with Crippen molar-refractivity contribution >= 4 is 16.9 Å². The number of aliphatic hydroxyl groups excluding tert-OH is 1. The van der Waals surface area contributed by atoms with E-state index in [1.54, 1.807) is 0 Å². The summed E-state index contributed by atoms with van der Waals surface area (Å²) in [6.07, 6.45) is 3.15. The molecule has 3 N–H and O–H groups in total. The van der Waals surface area contributed by atoms with Gasteiger partial charge in [0.15, 0.2) is 0 Å². The minimum Gasteiger partial charge on any atom is -0.393 e. The summed E-state index contributed by atoms with van der Waals surface area (Å²) in [6.45, 7) is 1.20. The van der Waals surface area contributed by atoms with E-state index in [1.807, 2.05) is 30.3 Å². The lowest BCUT2D eigenvalue weighted by Crippen LogP contribution is -2.38. The number of urea groups is 1. The normalized spacial score (nSPS) is 20.6. The Morgan fingerprint density at radius 2 is 2.04 bits per heavy atom. The first-order valence-corrected chi connectivity index (χ1v) is 8.25. The van der Waals surface area contributed by atoms with Crippen LogP contribution in [-0.2, 0) is 6.42 Å². The predicted octanol–water partition coefficient (Wildman–Crippen LogP) is 2.24. The molecule has 1 aromatic carbocycles. The number of para-hydroxylation sites is 1. The van der Waals surface area contributed by atoms with E-state index in [-0.39, 0.29) is 12.1 Å². The van der Waals surface area contributed by atoms with E-state index in [1.165, 1.54) is 0 Å². The minimum atomic E-state index is -0.191. The van der Waals surface area contributed by atoms with Gasteiger partial charge in [0.05, 0.1) is 11.6 Å². The van der Waals surface area contributed by atoms with E-state index in [9.17, 15) is 9.90 Å². The molecule has 122 valence electrons. The van der Waals surface area contributed by atoms with Crippen LogP contribution in [0.15, 0.2) is 36.4 Å². The number of carbonyl (C=O) groups excluding carboxylic acids is 1. The third-order valence-corrected chi connectivity index (χ3v) is 4.39. The van der Waals surface area contributed by atoms with Crippen molar-refractivity contribution in [1.82, 2.24) is 15.6 Å². The summed E-state index contributed by atoms with van der Waals surface area (Å²) in [5, 5.41) is 16.3. The maximum Gasteiger partial charge on any atom is 0.314 e. The number of aliphatic hydroxyl groups is 1. The maximum absolute atomic E-state index is 11.8. The third-order valence-electron chi connectivity index (χ3n) is 4.39. The summed E-state index contributed by atoms with van der Waals surface area (Å²) >= 11 is 0. The van der Waals surface area contributed by atoms with Gasteiger partial charge >= 0.3 is 6.03 Å². The van der Waals surface area contributed by atoms with Gasteiger partial charge in [-0.05, 0) is 37.3 Å². The number of hydrogen-bond donors (Lipinski definition) is 3. The SMILES string of the molecule is O=C(NCCc1ccc2ccccc2n1)NCC1CCC(O)C1. The van der Waals surface area contributed by atoms with Gasteiger partial charge in [0, 0.05) is 30.6 Å². The second-order valence-corrected chi connectivity index (χ2v) is 6.21. The number of benzene rings is 1. The number of amides is 2. The molecule has 23 heavy (non-hydrogen) atoms. The number of nitrogens with zero attached hydrogens (tertiary/aromatic N) is 1. The Labute approximate surface area is 136 Å². The summed E-state index contributed by atoms with van der Waals surface area (Å²) in [5.41, 5.74) is 1.96. The lowest BCUT2D eigenvalue weighted by atomic mass is 10.1. The molecule has 3 rings (SSSR count). The van der Waals surface area contributed by atoms with Crippen molar-refractivity contribution in [2.24, 2.45) is 5.92 Å². The molecule has 5 heteroatoms. The second-order valence-electron chi connectivity index (χ2n) is 6.21. The molecule has 1 saturated carbocycles. The molecule has 2 amide bonds. The van der Waals surface area contributed by atoms with Gasteiger partial charge in [-0.2, -0.15) is 0 Å². The lowest BCUT2D eigenvalue weighted by molar-refractivity contribution is 0.177. The summed E-state index contributed by atoms with van der Waals surface area (Å²) in [5.74, 6) is 0.401. The molecule has 5 nitrogen and oxygen atoms in total. The molecule has 0 bridgehead atoms. The zero-order valence-corrected chi connectivity index (χ0v) is 13.2. The number of hydrogen-bond acceptors (Lipinski definition) is 3. The molecule has 2 atom stereocenters. The number of carbonyl (C=O) groups is 1. The highest BCUT2D eigenvalue weighted by Gasteiger charge is 2.22. The van der Waals surface area contributed by atoms with Gasteiger partial charge in [0.2, 0.25) is 0 Å². The standard InChI is InChI=1S/C18H23N3O2/c22-16-8-5-13(11-16)12-20-18(23)19-10-9-15-7-6-14-3-1-2-4-17(14)21-15/h1-4,6-7,13,16,22H,5,8-12H2,(H2,19,20,23). The van der Waals surface area contributed by atoms with Crippen LogP contribution in [0.5, 0.6) is 0 Å². The Bertz CT molecular complexity index is 674. The fraction of sp³-hybridized carbons (Fsp3) is 0.444. The Morgan fingerprint density at radius 3 is 2.87 bits per heavy atom. The van der Waals surface area contributed by atoms with Gasteiger partial charge in [-0.15, -0.1) is 0 Å². The van der Waals surface area contributed by atoms with E-state index >= 15 is 0 Å². The smallest absolute Gasteiger partial charge is 0.314 e. The monoisotopic (exact) mass is 313 g/mol. The first-order chi connectivity index (χ1) is 11.2. The molecule has 0 saturated heterocycles. The lowest BCUT2D eigenvalue weighted by Gasteiger charge is -2.12. The quantitative estimate of drug-likeness (QED) is 0.792. The van der Waals surface area contributed by atoms with Crippen molar-refractivity contribution in [2.45, 2.75) is 31.8 Å². The number of nitrogens with one attached hydrogen (secondary N) is 2. The summed E-state index contributed by atoms with van der Waals surface area (Å²) < 4.78 is 0. The molecule has 1 aliphatic carbocycles. The largest absolute Gasteiger partial charge is 0.393 e. The van der Waals surface area contributed by atoms with Crippen LogP contribution < -0.4 is 10.6 Å². The van der Waals surface area contributed by atoms with Crippen molar-refractivity contribution in [3.05, 3.63) is 42.1 Å². The van der Waals surface area contributed by atoms with Crippen LogP contribution in [0.4, 0.5) is 4.79 Å². The molecule has 1 aliphatic rings. The van der Waals surface area contributed by atoms with Gasteiger partial charge in [-0.3, -0.25) is 4.98 Å². The predicted molar refractivity (Wildman–Crippen MR) is 90.2 cm³/mol. The van der Waals surface area contributed by atoms with Gasteiger partial charge in [-0.1, -0.05) is 24.3 Å². The average Bonchev–Trinajstić information content (AvgIpc) is 2.98. The minimum absolute atomic E-state index is 0.146. The highest BCUT2D eigenvalue weighted by molar-refractivity contribution is 5.78. The first kappa shape index (κ1) is 15.7. The van der Waals surface area contributed by atoms with Crippen molar-refractivity contribution in [2.75, 3.05) is 13.1 Å². The molecule has 2 aromatic rings. The molecule has 0 spiro atoms. The molecular formula is C18H23N3O2. The highest BCUT2D eigenvalue weighted by Crippen LogP contribution is 2.24. The Morgan fingerprint density at radius 1 is 1.17 bits per heavy atom. The van der Waals surface area contributed by atoms with Crippen LogP contribution in [0.3, 0.4) is 0 Å². The van der Waals surface area contributed by atoms with Crippen LogP contribution in [0.1, 0.15) is 25.0 Å². The third kappa shape index (κ3) is 4.42. The topological polar surface area (TPSA) is 74.2 Å². The van der Waals surface area contributed by atoms with Gasteiger partial charge in [-0.25, -0.2) is 4.79 Å². The zero-order chi connectivity index (χ0) is 16.1. The van der Waals surface area contributed by atoms with Gasteiger partial charge in [0.25, 0.3) is 0 Å². The molecule has 2 unspecified atom stereocenters. The van der Waals surface area contributed by atoms with E-state index in [0.29, 0.717) is 25.4 Å². The Kier molecular flexibility index (Phi) is 5.08. The molecule has 0 radical (unpaired) electrons. The summed E-state index contributed by atoms with van der Waals surface area (Å²) in [7, 11) is 0. The highest BCUT2D eigenvalue weighted by atomic mass is 16.3. The number of aromatic nitrogens is 1. The number of rotatable bonds is 5. The zero-order valence-electron chi connectivity index (χ0n) is 13.2. The number of fused-ring (bicyclic) bond motifs is 1. The van der Waals surface area contributed by atoms with E-state index < -0.39 is 0 Å². The van der Waals surface area contributed by atoms with Crippen LogP contribution in [0.25, 0.3) is 10.9 Å². The molecule has 1 heterocycles. The van der Waals surface area contributed by atoms with Crippen molar-refractivity contribution in [1.29, 1.82) is 0 Å². The second kappa shape index (κ2) is 7.42. The summed E-state index contributed by atoms with van der Waals surface area (Å²) in [6, 6.07) is 11.9. The summed E-state index contributed by atoms with van der Waals surface area (Å²) in [4.78, 5) is 16.4. The van der Waals surface area contributed by atoms with Crippen molar-refractivity contribution in [3.8, 4) is 0 Å². The van der Waals surface area contributed by atoms with Gasteiger partial charge < -0.3 is 15.7 Å². The Hall–Kier alpha value is -2.14. The van der Waals surface area contributed by atoms with Crippen molar-refractivity contribution in [3.63, 3.8) is 0 Å². The van der Waals surface area contributed by atoms with Gasteiger partial charge in [0.1, 0.15) is 0 Å². The number of pyridine rings is 1. The maximum atomic E-state index is 11.8. The van der Waals surface area contributed by atoms with Crippen LogP contribution in [-0.4, -0.2) is 35.3 Å². The van der Waals surface area contributed by atoms with E-state index in [4.69, 9.17) is 0 Å². The molecule has 0 aliphatic heterocycles. The fourth-order valence-electron chi connectivity index (χ4n) is 3.09. The van der Waals surface area contributed by atoms with Crippen LogP contribution >= 0.6 is 0 Å². The molecule has 1 fully saturated rings.